The lowest BCUT2D eigenvalue weighted by Crippen LogP contribution is -2.15. The summed E-state index contributed by atoms with van der Waals surface area (Å²) in [5.74, 6) is 1.23. The van der Waals surface area contributed by atoms with E-state index in [4.69, 9.17) is 21.1 Å². The van der Waals surface area contributed by atoms with Gasteiger partial charge in [-0.1, -0.05) is 23.7 Å². The van der Waals surface area contributed by atoms with Gasteiger partial charge in [0.15, 0.2) is 0 Å². The lowest BCUT2D eigenvalue weighted by atomic mass is 10.1. The molecule has 4 nitrogen and oxygen atoms in total. The van der Waals surface area contributed by atoms with Crippen LogP contribution in [0.5, 0.6) is 11.5 Å². The third-order valence-electron chi connectivity index (χ3n) is 3.03. The van der Waals surface area contributed by atoms with Gasteiger partial charge in [0, 0.05) is 5.02 Å². The number of benzene rings is 2. The number of methoxy groups -OCH3 is 1. The van der Waals surface area contributed by atoms with Crippen molar-refractivity contribution < 1.29 is 14.3 Å². The van der Waals surface area contributed by atoms with Crippen LogP contribution in [0.1, 0.15) is 12.5 Å². The highest BCUT2D eigenvalue weighted by Gasteiger charge is 2.09. The minimum Gasteiger partial charge on any atom is -0.495 e. The Bertz CT molecular complexity index is 641. The molecule has 0 radical (unpaired) electrons. The zero-order chi connectivity index (χ0) is 15.9. The zero-order valence-electron chi connectivity index (χ0n) is 12.6. The van der Waals surface area contributed by atoms with Crippen molar-refractivity contribution in [1.29, 1.82) is 0 Å². The first-order valence-electron chi connectivity index (χ1n) is 6.97. The first kappa shape index (κ1) is 16.2. The SMILES string of the molecule is CCOc1ccc(CC(=O)Nc2cc(Cl)ccc2OC)cc1. The van der Waals surface area contributed by atoms with Gasteiger partial charge in [-0.2, -0.15) is 0 Å². The fourth-order valence-corrected chi connectivity index (χ4v) is 2.20. The van der Waals surface area contributed by atoms with Gasteiger partial charge in [-0.25, -0.2) is 0 Å². The van der Waals surface area contributed by atoms with E-state index in [1.165, 1.54) is 0 Å². The molecular formula is C17H18ClNO3. The minimum absolute atomic E-state index is 0.135. The molecule has 0 unspecified atom stereocenters. The van der Waals surface area contributed by atoms with Crippen LogP contribution < -0.4 is 14.8 Å². The molecule has 0 spiro atoms. The number of ether oxygens (including phenoxy) is 2. The van der Waals surface area contributed by atoms with Crippen LogP contribution >= 0.6 is 11.6 Å². The molecule has 0 bridgehead atoms. The first-order valence-corrected chi connectivity index (χ1v) is 7.35. The second-order valence-corrected chi connectivity index (χ2v) is 5.08. The third-order valence-corrected chi connectivity index (χ3v) is 3.27. The van der Waals surface area contributed by atoms with Crippen LogP contribution in [0, 0.1) is 0 Å². The van der Waals surface area contributed by atoms with E-state index in [9.17, 15) is 4.79 Å². The Kier molecular flexibility index (Phi) is 5.67. The normalized spacial score (nSPS) is 10.1. The molecule has 116 valence electrons. The average molecular weight is 320 g/mol. The predicted molar refractivity (Wildman–Crippen MR) is 87.9 cm³/mol. The number of nitrogens with one attached hydrogen (secondary N) is 1. The molecule has 0 aliphatic carbocycles. The number of hydrogen-bond donors (Lipinski definition) is 1. The summed E-state index contributed by atoms with van der Waals surface area (Å²) in [5.41, 5.74) is 1.47. The summed E-state index contributed by atoms with van der Waals surface area (Å²) < 4.78 is 10.6. The van der Waals surface area contributed by atoms with E-state index in [2.05, 4.69) is 5.32 Å². The van der Waals surface area contributed by atoms with Crippen LogP contribution in [0.2, 0.25) is 5.02 Å². The van der Waals surface area contributed by atoms with Gasteiger partial charge < -0.3 is 14.8 Å². The molecule has 0 aliphatic rings. The fourth-order valence-electron chi connectivity index (χ4n) is 2.03. The first-order chi connectivity index (χ1) is 10.6. The van der Waals surface area contributed by atoms with Crippen molar-refractivity contribution in [2.24, 2.45) is 0 Å². The molecule has 0 heterocycles. The van der Waals surface area contributed by atoms with Crippen LogP contribution in [0.15, 0.2) is 42.5 Å². The summed E-state index contributed by atoms with van der Waals surface area (Å²) in [5, 5.41) is 3.35. The molecule has 1 N–H and O–H groups in total. The van der Waals surface area contributed by atoms with Crippen LogP contribution in [0.4, 0.5) is 5.69 Å². The Morgan fingerprint density at radius 1 is 1.18 bits per heavy atom. The monoisotopic (exact) mass is 319 g/mol. The van der Waals surface area contributed by atoms with Gasteiger partial charge in [-0.05, 0) is 42.8 Å². The molecule has 0 fully saturated rings. The Morgan fingerprint density at radius 2 is 1.91 bits per heavy atom. The van der Waals surface area contributed by atoms with E-state index in [1.54, 1.807) is 25.3 Å². The Morgan fingerprint density at radius 3 is 2.55 bits per heavy atom. The average Bonchev–Trinajstić information content (AvgIpc) is 2.50. The standard InChI is InChI=1S/C17H18ClNO3/c1-3-22-14-7-4-12(5-8-14)10-17(20)19-15-11-13(18)6-9-16(15)21-2/h4-9,11H,3,10H2,1-2H3,(H,19,20). The number of hydrogen-bond acceptors (Lipinski definition) is 3. The van der Waals surface area contributed by atoms with E-state index >= 15 is 0 Å². The Balaban J connectivity index is 2.02. The Hall–Kier alpha value is -2.20. The van der Waals surface area contributed by atoms with E-state index < -0.39 is 0 Å². The van der Waals surface area contributed by atoms with Crippen molar-refractivity contribution in [3.63, 3.8) is 0 Å². The second-order valence-electron chi connectivity index (χ2n) is 4.65. The maximum atomic E-state index is 12.1. The largest absolute Gasteiger partial charge is 0.495 e. The fraction of sp³-hybridized carbons (Fsp3) is 0.235. The smallest absolute Gasteiger partial charge is 0.228 e. The lowest BCUT2D eigenvalue weighted by Gasteiger charge is -2.11. The van der Waals surface area contributed by atoms with Gasteiger partial charge >= 0.3 is 0 Å². The highest BCUT2D eigenvalue weighted by Crippen LogP contribution is 2.27. The summed E-state index contributed by atoms with van der Waals surface area (Å²) in [6.07, 6.45) is 0.266. The van der Waals surface area contributed by atoms with Crippen LogP contribution in [-0.2, 0) is 11.2 Å². The highest BCUT2D eigenvalue weighted by molar-refractivity contribution is 6.31. The van der Waals surface area contributed by atoms with Crippen LogP contribution in [0.25, 0.3) is 0 Å². The summed E-state index contributed by atoms with van der Waals surface area (Å²) in [6.45, 7) is 2.55. The molecule has 2 aromatic carbocycles. The maximum Gasteiger partial charge on any atom is 0.228 e. The molecule has 0 saturated heterocycles. The van der Waals surface area contributed by atoms with Crippen molar-refractivity contribution in [2.75, 3.05) is 19.0 Å². The van der Waals surface area contributed by atoms with Crippen LogP contribution in [0.3, 0.4) is 0 Å². The number of anilines is 1. The summed E-state index contributed by atoms with van der Waals surface area (Å²) in [4.78, 5) is 12.1. The summed E-state index contributed by atoms with van der Waals surface area (Å²) in [6, 6.07) is 12.5. The number of rotatable bonds is 6. The Labute approximate surface area is 135 Å². The van der Waals surface area contributed by atoms with E-state index in [0.717, 1.165) is 11.3 Å². The van der Waals surface area contributed by atoms with Crippen molar-refractivity contribution >= 4 is 23.2 Å². The number of amides is 1. The molecule has 0 saturated carbocycles. The maximum absolute atomic E-state index is 12.1. The quantitative estimate of drug-likeness (QED) is 0.877. The zero-order valence-corrected chi connectivity index (χ0v) is 13.3. The summed E-state index contributed by atoms with van der Waals surface area (Å²) >= 11 is 5.94. The number of carbonyl (C=O) groups excluding carboxylic acids is 1. The molecule has 2 aromatic rings. The molecule has 22 heavy (non-hydrogen) atoms. The minimum atomic E-state index is -0.135. The van der Waals surface area contributed by atoms with Gasteiger partial charge in [0.1, 0.15) is 11.5 Å². The van der Waals surface area contributed by atoms with Gasteiger partial charge in [-0.3, -0.25) is 4.79 Å². The topological polar surface area (TPSA) is 47.6 Å². The van der Waals surface area contributed by atoms with Crippen molar-refractivity contribution in [3.8, 4) is 11.5 Å². The van der Waals surface area contributed by atoms with Crippen molar-refractivity contribution in [2.45, 2.75) is 13.3 Å². The van der Waals surface area contributed by atoms with E-state index in [-0.39, 0.29) is 12.3 Å². The molecule has 0 atom stereocenters. The number of halogens is 1. The highest BCUT2D eigenvalue weighted by atomic mass is 35.5. The van der Waals surface area contributed by atoms with Gasteiger partial charge in [-0.15, -0.1) is 0 Å². The molecule has 1 amide bonds. The van der Waals surface area contributed by atoms with Crippen LogP contribution in [-0.4, -0.2) is 19.6 Å². The van der Waals surface area contributed by atoms with Gasteiger partial charge in [0.2, 0.25) is 5.91 Å². The van der Waals surface area contributed by atoms with E-state index in [0.29, 0.717) is 23.1 Å². The second kappa shape index (κ2) is 7.71. The molecular weight excluding hydrogens is 302 g/mol. The van der Waals surface area contributed by atoms with Crippen molar-refractivity contribution in [3.05, 3.63) is 53.1 Å². The lowest BCUT2D eigenvalue weighted by molar-refractivity contribution is -0.115. The van der Waals surface area contributed by atoms with Crippen molar-refractivity contribution in [1.82, 2.24) is 0 Å². The predicted octanol–water partition coefficient (Wildman–Crippen LogP) is 3.93. The van der Waals surface area contributed by atoms with Gasteiger partial charge in [0.25, 0.3) is 0 Å². The molecule has 0 aliphatic heterocycles. The summed E-state index contributed by atoms with van der Waals surface area (Å²) in [7, 11) is 1.55. The molecule has 2 rings (SSSR count). The van der Waals surface area contributed by atoms with E-state index in [1.807, 2.05) is 31.2 Å². The third kappa shape index (κ3) is 4.40. The number of carbonyl (C=O) groups is 1. The molecule has 0 aromatic heterocycles. The van der Waals surface area contributed by atoms with Gasteiger partial charge in [0.05, 0.1) is 25.8 Å². The molecule has 5 heteroatoms.